The monoisotopic (exact) mass is 500 g/mol. The first-order chi connectivity index (χ1) is 13.1. The van der Waals surface area contributed by atoms with Crippen molar-refractivity contribution in [1.82, 2.24) is 25.4 Å². The van der Waals surface area contributed by atoms with Crippen molar-refractivity contribution in [3.63, 3.8) is 0 Å². The van der Waals surface area contributed by atoms with Crippen LogP contribution < -0.4 is 10.6 Å². The molecule has 7 nitrogen and oxygen atoms in total. The van der Waals surface area contributed by atoms with E-state index in [4.69, 9.17) is 4.74 Å². The molecule has 0 aliphatic rings. The molecule has 1 heterocycles. The molecular formula is C20H33IN6O. The van der Waals surface area contributed by atoms with Gasteiger partial charge in [-0.3, -0.25) is 0 Å². The van der Waals surface area contributed by atoms with E-state index in [2.05, 4.69) is 58.6 Å². The summed E-state index contributed by atoms with van der Waals surface area (Å²) in [6.07, 6.45) is 4.45. The Bertz CT molecular complexity index is 673. The van der Waals surface area contributed by atoms with Crippen LogP contribution in [-0.2, 0) is 11.3 Å². The quantitative estimate of drug-likeness (QED) is 0.297. The Balaban J connectivity index is 0.00000392. The van der Waals surface area contributed by atoms with Crippen LogP contribution in [0.15, 0.2) is 41.9 Å². The zero-order chi connectivity index (χ0) is 19.5. The molecule has 2 aromatic rings. The lowest BCUT2D eigenvalue weighted by molar-refractivity contribution is 0.0258. The molecule has 0 saturated heterocycles. The van der Waals surface area contributed by atoms with Crippen molar-refractivity contribution in [2.75, 3.05) is 19.7 Å². The van der Waals surface area contributed by atoms with Crippen molar-refractivity contribution in [2.24, 2.45) is 10.9 Å². The van der Waals surface area contributed by atoms with Crippen molar-refractivity contribution in [2.45, 2.75) is 46.8 Å². The highest BCUT2D eigenvalue weighted by molar-refractivity contribution is 14.0. The molecule has 0 radical (unpaired) electrons. The number of hydrogen-bond donors (Lipinski definition) is 2. The van der Waals surface area contributed by atoms with Crippen LogP contribution in [0.1, 0.15) is 39.7 Å². The minimum atomic E-state index is 0. The summed E-state index contributed by atoms with van der Waals surface area (Å²) < 4.78 is 7.54. The van der Waals surface area contributed by atoms with E-state index in [9.17, 15) is 0 Å². The number of hydrogen-bond acceptors (Lipinski definition) is 4. The highest BCUT2D eigenvalue weighted by Gasteiger charge is 2.12. The second kappa shape index (κ2) is 13.5. The van der Waals surface area contributed by atoms with Crippen molar-refractivity contribution >= 4 is 29.9 Å². The van der Waals surface area contributed by atoms with Gasteiger partial charge in [0, 0.05) is 19.7 Å². The first kappa shape index (κ1) is 24.4. The molecule has 0 fully saturated rings. The third-order valence-electron chi connectivity index (χ3n) is 4.23. The number of guanidine groups is 1. The van der Waals surface area contributed by atoms with Gasteiger partial charge >= 0.3 is 0 Å². The average Bonchev–Trinajstić information content (AvgIpc) is 3.20. The second-order valence-corrected chi connectivity index (χ2v) is 6.65. The van der Waals surface area contributed by atoms with Crippen molar-refractivity contribution in [3.05, 3.63) is 42.5 Å². The van der Waals surface area contributed by atoms with Gasteiger partial charge in [0.15, 0.2) is 5.96 Å². The number of aliphatic imine (C=N–C) groups is 1. The van der Waals surface area contributed by atoms with Gasteiger partial charge in [-0.25, -0.2) is 14.7 Å². The molecule has 0 aliphatic carbocycles. The highest BCUT2D eigenvalue weighted by atomic mass is 127. The highest BCUT2D eigenvalue weighted by Crippen LogP contribution is 2.10. The van der Waals surface area contributed by atoms with Gasteiger partial charge in [-0.2, -0.15) is 5.10 Å². The third kappa shape index (κ3) is 8.14. The summed E-state index contributed by atoms with van der Waals surface area (Å²) in [5.41, 5.74) is 2.13. The number of aromatic nitrogens is 3. The molecule has 8 heteroatoms. The van der Waals surface area contributed by atoms with Crippen molar-refractivity contribution in [1.29, 1.82) is 0 Å². The third-order valence-corrected chi connectivity index (χ3v) is 4.23. The topological polar surface area (TPSA) is 76.4 Å². The van der Waals surface area contributed by atoms with Crippen LogP contribution in [0, 0.1) is 5.92 Å². The van der Waals surface area contributed by atoms with Gasteiger partial charge < -0.3 is 15.4 Å². The summed E-state index contributed by atoms with van der Waals surface area (Å²) in [6.45, 7) is 11.5. The smallest absolute Gasteiger partial charge is 0.191 e. The number of halogens is 1. The molecule has 0 bridgehead atoms. The Morgan fingerprint density at radius 1 is 1.18 bits per heavy atom. The number of benzene rings is 1. The van der Waals surface area contributed by atoms with Crippen LogP contribution >= 0.6 is 24.0 Å². The van der Waals surface area contributed by atoms with Gasteiger partial charge in [-0.1, -0.05) is 26.0 Å². The summed E-state index contributed by atoms with van der Waals surface area (Å²) in [4.78, 5) is 8.65. The van der Waals surface area contributed by atoms with Gasteiger partial charge in [0.1, 0.15) is 12.7 Å². The van der Waals surface area contributed by atoms with E-state index in [-0.39, 0.29) is 30.1 Å². The largest absolute Gasteiger partial charge is 0.378 e. The lowest BCUT2D eigenvalue weighted by Gasteiger charge is -2.21. The molecule has 0 aliphatic heterocycles. The van der Waals surface area contributed by atoms with Gasteiger partial charge in [0.05, 0.1) is 18.3 Å². The molecule has 1 atom stereocenters. The van der Waals surface area contributed by atoms with E-state index in [0.717, 1.165) is 43.3 Å². The Morgan fingerprint density at radius 3 is 2.50 bits per heavy atom. The zero-order valence-corrected chi connectivity index (χ0v) is 19.6. The Labute approximate surface area is 185 Å². The number of rotatable bonds is 10. The fraction of sp³-hybridized carbons (Fsp3) is 0.550. The van der Waals surface area contributed by atoms with E-state index < -0.39 is 0 Å². The van der Waals surface area contributed by atoms with Crippen LogP contribution in [0.2, 0.25) is 0 Å². The average molecular weight is 500 g/mol. The maximum atomic E-state index is 5.80. The van der Waals surface area contributed by atoms with E-state index in [0.29, 0.717) is 12.5 Å². The van der Waals surface area contributed by atoms with Crippen LogP contribution in [0.4, 0.5) is 0 Å². The summed E-state index contributed by atoms with van der Waals surface area (Å²) in [5.74, 6) is 1.34. The standard InChI is InChI=1S/C20H32N6O.HI/c1-5-22-20(23-12-11-19(16(3)4)27-6-2)24-13-17-7-9-18(10-8-17)26-15-21-14-25-26;/h7-10,14-16,19H,5-6,11-13H2,1-4H3,(H2,22,23,24);1H. The fourth-order valence-electron chi connectivity index (χ4n) is 2.76. The van der Waals surface area contributed by atoms with Crippen molar-refractivity contribution < 1.29 is 4.74 Å². The second-order valence-electron chi connectivity index (χ2n) is 6.65. The van der Waals surface area contributed by atoms with Gasteiger partial charge in [0.25, 0.3) is 0 Å². The molecule has 28 heavy (non-hydrogen) atoms. The summed E-state index contributed by atoms with van der Waals surface area (Å²) in [5, 5.41) is 10.8. The van der Waals surface area contributed by atoms with Gasteiger partial charge in [-0.05, 0) is 43.9 Å². The minimum absolute atomic E-state index is 0. The fourth-order valence-corrected chi connectivity index (χ4v) is 2.76. The lowest BCUT2D eigenvalue weighted by Crippen LogP contribution is -2.39. The predicted octanol–water partition coefficient (Wildman–Crippen LogP) is 3.39. The molecular weight excluding hydrogens is 467 g/mol. The first-order valence-corrected chi connectivity index (χ1v) is 9.71. The molecule has 1 aromatic carbocycles. The number of nitrogens with zero attached hydrogens (tertiary/aromatic N) is 4. The summed E-state index contributed by atoms with van der Waals surface area (Å²) >= 11 is 0. The summed E-state index contributed by atoms with van der Waals surface area (Å²) in [7, 11) is 0. The Kier molecular flexibility index (Phi) is 11.7. The summed E-state index contributed by atoms with van der Waals surface area (Å²) in [6, 6.07) is 8.17. The Hall–Kier alpha value is -1.68. The number of nitrogens with one attached hydrogen (secondary N) is 2. The van der Waals surface area contributed by atoms with Crippen LogP contribution in [0.25, 0.3) is 5.69 Å². The maximum Gasteiger partial charge on any atom is 0.191 e. The van der Waals surface area contributed by atoms with Crippen LogP contribution in [-0.4, -0.2) is 46.5 Å². The van der Waals surface area contributed by atoms with Crippen molar-refractivity contribution in [3.8, 4) is 5.69 Å². The SMILES string of the molecule is CCNC(=NCc1ccc(-n2cncn2)cc1)NCCC(OCC)C(C)C.I. The van der Waals surface area contributed by atoms with E-state index in [1.54, 1.807) is 11.0 Å². The van der Waals surface area contributed by atoms with E-state index >= 15 is 0 Å². The molecule has 156 valence electrons. The minimum Gasteiger partial charge on any atom is -0.378 e. The normalized spacial score (nSPS) is 12.5. The molecule has 0 spiro atoms. The van der Waals surface area contributed by atoms with E-state index in [1.165, 1.54) is 6.33 Å². The van der Waals surface area contributed by atoms with Crippen LogP contribution in [0.5, 0.6) is 0 Å². The predicted molar refractivity (Wildman–Crippen MR) is 124 cm³/mol. The van der Waals surface area contributed by atoms with Gasteiger partial charge in [0.2, 0.25) is 0 Å². The molecule has 2 N–H and O–H groups in total. The molecule has 2 rings (SSSR count). The maximum absolute atomic E-state index is 5.80. The Morgan fingerprint density at radius 2 is 1.93 bits per heavy atom. The van der Waals surface area contributed by atoms with E-state index in [1.807, 2.05) is 19.1 Å². The molecule has 0 amide bonds. The zero-order valence-electron chi connectivity index (χ0n) is 17.3. The molecule has 1 unspecified atom stereocenters. The molecule has 1 aromatic heterocycles. The van der Waals surface area contributed by atoms with Crippen LogP contribution in [0.3, 0.4) is 0 Å². The van der Waals surface area contributed by atoms with Gasteiger partial charge in [-0.15, -0.1) is 24.0 Å². The lowest BCUT2D eigenvalue weighted by atomic mass is 10.0. The molecule has 0 saturated carbocycles. The number of ether oxygens (including phenoxy) is 1. The first-order valence-electron chi connectivity index (χ1n) is 9.71.